The summed E-state index contributed by atoms with van der Waals surface area (Å²) >= 11 is 0. The molecule has 1 heterocycles. The minimum Gasteiger partial charge on any atom is -0.462 e. The Labute approximate surface area is 105 Å². The molecule has 6 nitrogen and oxygen atoms in total. The van der Waals surface area contributed by atoms with Gasteiger partial charge in [-0.1, -0.05) is 12.1 Å². The van der Waals surface area contributed by atoms with Crippen molar-refractivity contribution in [3.63, 3.8) is 0 Å². The van der Waals surface area contributed by atoms with Gasteiger partial charge in [0, 0.05) is 0 Å². The Morgan fingerprint density at radius 3 is 2.61 bits per heavy atom. The van der Waals surface area contributed by atoms with Gasteiger partial charge in [-0.25, -0.2) is 9.48 Å². The highest BCUT2D eigenvalue weighted by molar-refractivity contribution is 5.89. The van der Waals surface area contributed by atoms with Gasteiger partial charge in [-0.3, -0.25) is 0 Å². The molecule has 0 unspecified atom stereocenters. The molecule has 2 aromatic rings. The van der Waals surface area contributed by atoms with Crippen molar-refractivity contribution < 1.29 is 9.53 Å². The van der Waals surface area contributed by atoms with Crippen molar-refractivity contribution in [3.8, 4) is 0 Å². The number of nitrogens with zero attached hydrogens (tertiary/aromatic N) is 4. The molecule has 0 aliphatic rings. The summed E-state index contributed by atoms with van der Waals surface area (Å²) in [6.07, 6.45) is 0. The van der Waals surface area contributed by atoms with E-state index in [1.54, 1.807) is 23.7 Å². The predicted octanol–water partition coefficient (Wildman–Crippen LogP) is 1.21. The molecule has 2 rings (SSSR count). The third-order valence-electron chi connectivity index (χ3n) is 2.51. The number of rotatable bonds is 4. The molecule has 1 aromatic carbocycles. The lowest BCUT2D eigenvalue weighted by Crippen LogP contribution is -2.06. The second-order valence-electron chi connectivity index (χ2n) is 3.80. The van der Waals surface area contributed by atoms with Crippen LogP contribution in [0.15, 0.2) is 24.3 Å². The first-order valence-corrected chi connectivity index (χ1v) is 5.69. The topological polar surface area (TPSA) is 69.9 Å². The number of carbonyl (C=O) groups excluding carboxylic acids is 1. The fourth-order valence-corrected chi connectivity index (χ4v) is 1.53. The molecule has 0 radical (unpaired) electrons. The Balaban J connectivity index is 2.08. The summed E-state index contributed by atoms with van der Waals surface area (Å²) in [5.74, 6) is 0.451. The summed E-state index contributed by atoms with van der Waals surface area (Å²) in [4.78, 5) is 11.5. The summed E-state index contributed by atoms with van der Waals surface area (Å²) in [6.45, 7) is 4.59. The maximum Gasteiger partial charge on any atom is 0.338 e. The number of carbonyl (C=O) groups is 1. The lowest BCUT2D eigenvalue weighted by atomic mass is 10.1. The van der Waals surface area contributed by atoms with Gasteiger partial charge in [0.15, 0.2) is 0 Å². The second-order valence-corrected chi connectivity index (χ2v) is 3.80. The number of aryl methyl sites for hydroxylation is 1. The van der Waals surface area contributed by atoms with Crippen LogP contribution in [0.2, 0.25) is 0 Å². The van der Waals surface area contributed by atoms with Crippen molar-refractivity contribution in [1.82, 2.24) is 20.2 Å². The quantitative estimate of drug-likeness (QED) is 0.758. The first kappa shape index (κ1) is 12.2. The molecule has 0 fully saturated rings. The SMILES string of the molecule is CCOC(=O)c1ccc(Cn2nnnc2C)cc1. The van der Waals surface area contributed by atoms with E-state index in [2.05, 4.69) is 15.5 Å². The zero-order valence-electron chi connectivity index (χ0n) is 10.3. The number of tetrazole rings is 1. The van der Waals surface area contributed by atoms with E-state index >= 15 is 0 Å². The standard InChI is InChI=1S/C12H14N4O2/c1-3-18-12(17)11-6-4-10(5-7-11)8-16-9(2)13-14-15-16/h4-7H,3,8H2,1-2H3. The molecule has 0 saturated heterocycles. The number of ether oxygens (including phenoxy) is 1. The molecule has 0 bridgehead atoms. The van der Waals surface area contributed by atoms with Crippen molar-refractivity contribution in [2.24, 2.45) is 0 Å². The van der Waals surface area contributed by atoms with E-state index in [1.807, 2.05) is 19.1 Å². The average Bonchev–Trinajstić information content (AvgIpc) is 2.76. The Morgan fingerprint density at radius 2 is 2.06 bits per heavy atom. The smallest absolute Gasteiger partial charge is 0.338 e. The monoisotopic (exact) mass is 246 g/mol. The number of hydrogen-bond acceptors (Lipinski definition) is 5. The zero-order chi connectivity index (χ0) is 13.0. The van der Waals surface area contributed by atoms with E-state index < -0.39 is 0 Å². The highest BCUT2D eigenvalue weighted by atomic mass is 16.5. The fraction of sp³-hybridized carbons (Fsp3) is 0.333. The van der Waals surface area contributed by atoms with E-state index in [0.29, 0.717) is 18.7 Å². The number of hydrogen-bond donors (Lipinski definition) is 0. The molecule has 0 aliphatic heterocycles. The first-order chi connectivity index (χ1) is 8.70. The van der Waals surface area contributed by atoms with Crippen LogP contribution in [0.5, 0.6) is 0 Å². The van der Waals surface area contributed by atoms with Gasteiger partial charge < -0.3 is 4.74 Å². The minimum absolute atomic E-state index is 0.303. The molecule has 0 atom stereocenters. The Morgan fingerprint density at radius 1 is 1.33 bits per heavy atom. The van der Waals surface area contributed by atoms with Gasteiger partial charge in [0.05, 0.1) is 18.7 Å². The van der Waals surface area contributed by atoms with E-state index in [0.717, 1.165) is 11.4 Å². The number of aromatic nitrogens is 4. The van der Waals surface area contributed by atoms with E-state index in [4.69, 9.17) is 4.74 Å². The summed E-state index contributed by atoms with van der Waals surface area (Å²) < 4.78 is 6.61. The van der Waals surface area contributed by atoms with Gasteiger partial charge in [-0.05, 0) is 42.0 Å². The summed E-state index contributed by atoms with van der Waals surface area (Å²) in [7, 11) is 0. The van der Waals surface area contributed by atoms with E-state index in [-0.39, 0.29) is 5.97 Å². The van der Waals surface area contributed by atoms with E-state index in [9.17, 15) is 4.79 Å². The molecule has 0 spiro atoms. The van der Waals surface area contributed by atoms with Gasteiger partial charge in [0.2, 0.25) is 0 Å². The Kier molecular flexibility index (Phi) is 3.66. The molecular weight excluding hydrogens is 232 g/mol. The van der Waals surface area contributed by atoms with Crippen LogP contribution in [0.4, 0.5) is 0 Å². The van der Waals surface area contributed by atoms with Gasteiger partial charge in [-0.2, -0.15) is 0 Å². The molecule has 1 aromatic heterocycles. The first-order valence-electron chi connectivity index (χ1n) is 5.69. The Hall–Kier alpha value is -2.24. The van der Waals surface area contributed by atoms with Gasteiger partial charge in [0.25, 0.3) is 0 Å². The third kappa shape index (κ3) is 2.71. The van der Waals surface area contributed by atoms with Gasteiger partial charge in [-0.15, -0.1) is 5.10 Å². The summed E-state index contributed by atoms with van der Waals surface area (Å²) in [5, 5.41) is 11.2. The maximum atomic E-state index is 11.5. The summed E-state index contributed by atoms with van der Waals surface area (Å²) in [6, 6.07) is 7.22. The van der Waals surface area contributed by atoms with Crippen molar-refractivity contribution in [2.75, 3.05) is 6.61 Å². The highest BCUT2D eigenvalue weighted by Gasteiger charge is 2.06. The molecule has 18 heavy (non-hydrogen) atoms. The maximum absolute atomic E-state index is 11.5. The zero-order valence-corrected chi connectivity index (χ0v) is 10.3. The lowest BCUT2D eigenvalue weighted by Gasteiger charge is -2.04. The largest absolute Gasteiger partial charge is 0.462 e. The van der Waals surface area contributed by atoms with Crippen molar-refractivity contribution in [2.45, 2.75) is 20.4 Å². The highest BCUT2D eigenvalue weighted by Crippen LogP contribution is 2.07. The molecule has 0 aliphatic carbocycles. The van der Waals surface area contributed by atoms with Crippen LogP contribution >= 0.6 is 0 Å². The van der Waals surface area contributed by atoms with Crippen LogP contribution in [0, 0.1) is 6.92 Å². The van der Waals surface area contributed by atoms with E-state index in [1.165, 1.54) is 0 Å². The Bertz CT molecular complexity index is 533. The molecule has 94 valence electrons. The molecule has 0 N–H and O–H groups in total. The average molecular weight is 246 g/mol. The van der Waals surface area contributed by atoms with Crippen LogP contribution < -0.4 is 0 Å². The lowest BCUT2D eigenvalue weighted by molar-refractivity contribution is 0.0526. The van der Waals surface area contributed by atoms with Crippen LogP contribution in [0.25, 0.3) is 0 Å². The van der Waals surface area contributed by atoms with Crippen LogP contribution in [-0.4, -0.2) is 32.8 Å². The number of benzene rings is 1. The van der Waals surface area contributed by atoms with Crippen molar-refractivity contribution in [1.29, 1.82) is 0 Å². The van der Waals surface area contributed by atoms with Crippen LogP contribution in [-0.2, 0) is 11.3 Å². The molecule has 6 heteroatoms. The molecular formula is C12H14N4O2. The minimum atomic E-state index is -0.303. The molecule has 0 amide bonds. The predicted molar refractivity (Wildman–Crippen MR) is 64.1 cm³/mol. The van der Waals surface area contributed by atoms with Gasteiger partial charge in [0.1, 0.15) is 5.82 Å². The van der Waals surface area contributed by atoms with Gasteiger partial charge >= 0.3 is 5.97 Å². The van der Waals surface area contributed by atoms with Crippen molar-refractivity contribution >= 4 is 5.97 Å². The third-order valence-corrected chi connectivity index (χ3v) is 2.51. The number of esters is 1. The molecule has 0 saturated carbocycles. The van der Waals surface area contributed by atoms with Crippen molar-refractivity contribution in [3.05, 3.63) is 41.2 Å². The van der Waals surface area contributed by atoms with Crippen LogP contribution in [0.1, 0.15) is 28.7 Å². The second kappa shape index (κ2) is 5.39. The summed E-state index contributed by atoms with van der Waals surface area (Å²) in [5.41, 5.74) is 1.58. The van der Waals surface area contributed by atoms with Crippen LogP contribution in [0.3, 0.4) is 0 Å². The normalized spacial score (nSPS) is 10.3. The fourth-order valence-electron chi connectivity index (χ4n) is 1.53.